The molecule has 1 fully saturated rings. The standard InChI is InChI=1S/C21H33NO4/c1-3-4-7-10-17(2)19(23)14-12-18-13-15-20(24)22(18)16-9-6-5-8-11-21(25)26/h12,14,17-19,23H,3,5-6,8-11,13,15-16H2,1-2H3,(H,25,26)/t17-,18-,19+/m0/s1. The van der Waals surface area contributed by atoms with Crippen LogP contribution in [0.15, 0.2) is 12.2 Å². The molecule has 146 valence electrons. The number of nitrogens with zero attached hydrogens (tertiary/aromatic N) is 1. The molecule has 1 aliphatic rings. The van der Waals surface area contributed by atoms with Crippen LogP contribution >= 0.6 is 0 Å². The predicted octanol–water partition coefficient (Wildman–Crippen LogP) is 3.37. The van der Waals surface area contributed by atoms with Crippen molar-refractivity contribution in [1.29, 1.82) is 0 Å². The monoisotopic (exact) mass is 363 g/mol. The minimum Gasteiger partial charge on any atom is -0.481 e. The quantitative estimate of drug-likeness (QED) is 0.335. The van der Waals surface area contributed by atoms with E-state index in [-0.39, 0.29) is 24.3 Å². The molecule has 26 heavy (non-hydrogen) atoms. The average Bonchev–Trinajstić information content (AvgIpc) is 2.95. The Kier molecular flexibility index (Phi) is 10.7. The van der Waals surface area contributed by atoms with Gasteiger partial charge in [0, 0.05) is 32.2 Å². The van der Waals surface area contributed by atoms with Gasteiger partial charge in [0.05, 0.1) is 12.1 Å². The van der Waals surface area contributed by atoms with Crippen molar-refractivity contribution in [3.63, 3.8) is 0 Å². The van der Waals surface area contributed by atoms with E-state index in [1.165, 1.54) is 0 Å². The molecule has 0 radical (unpaired) electrons. The number of carbonyl (C=O) groups excluding carboxylic acids is 1. The first-order chi connectivity index (χ1) is 12.5. The number of aliphatic carboxylic acids is 1. The summed E-state index contributed by atoms with van der Waals surface area (Å²) in [5, 5.41) is 18.9. The summed E-state index contributed by atoms with van der Waals surface area (Å²) < 4.78 is 0. The second kappa shape index (κ2) is 12.5. The Labute approximate surface area is 157 Å². The van der Waals surface area contributed by atoms with E-state index >= 15 is 0 Å². The Bertz CT molecular complexity index is 532. The van der Waals surface area contributed by atoms with Crippen molar-refractivity contribution < 1.29 is 19.8 Å². The molecule has 0 aromatic carbocycles. The maximum absolute atomic E-state index is 12.1. The molecular formula is C21H33NO4. The maximum Gasteiger partial charge on any atom is 0.303 e. The molecule has 0 saturated carbocycles. The summed E-state index contributed by atoms with van der Waals surface area (Å²) in [4.78, 5) is 24.5. The highest BCUT2D eigenvalue weighted by Crippen LogP contribution is 2.21. The van der Waals surface area contributed by atoms with E-state index in [9.17, 15) is 14.7 Å². The van der Waals surface area contributed by atoms with E-state index in [4.69, 9.17) is 5.11 Å². The van der Waals surface area contributed by atoms with E-state index < -0.39 is 12.1 Å². The number of rotatable bonds is 11. The lowest BCUT2D eigenvalue weighted by Gasteiger charge is -2.23. The Morgan fingerprint density at radius 1 is 1.31 bits per heavy atom. The van der Waals surface area contributed by atoms with Gasteiger partial charge in [0.2, 0.25) is 5.91 Å². The summed E-state index contributed by atoms with van der Waals surface area (Å²) in [5.74, 6) is 5.57. The molecule has 1 heterocycles. The summed E-state index contributed by atoms with van der Waals surface area (Å²) in [7, 11) is 0. The fourth-order valence-electron chi connectivity index (χ4n) is 3.07. The van der Waals surface area contributed by atoms with Crippen molar-refractivity contribution in [3.05, 3.63) is 12.2 Å². The van der Waals surface area contributed by atoms with Gasteiger partial charge in [-0.15, -0.1) is 11.8 Å². The van der Waals surface area contributed by atoms with E-state index in [0.29, 0.717) is 25.8 Å². The SMILES string of the molecule is CCC#CC[C@H](C)[C@H](O)C=C[C@H]1CCC(=O)N1CCCCCCC(=O)O. The van der Waals surface area contributed by atoms with E-state index in [1.54, 1.807) is 6.08 Å². The molecule has 0 aromatic heterocycles. The minimum absolute atomic E-state index is 0.0603. The highest BCUT2D eigenvalue weighted by molar-refractivity contribution is 5.79. The second-order valence-corrected chi connectivity index (χ2v) is 7.02. The zero-order chi connectivity index (χ0) is 19.4. The molecule has 1 saturated heterocycles. The van der Waals surface area contributed by atoms with Gasteiger partial charge in [-0.2, -0.15) is 0 Å². The lowest BCUT2D eigenvalue weighted by atomic mass is 10.00. The Morgan fingerprint density at radius 2 is 2.04 bits per heavy atom. The van der Waals surface area contributed by atoms with Crippen LogP contribution < -0.4 is 0 Å². The first-order valence-corrected chi connectivity index (χ1v) is 9.79. The van der Waals surface area contributed by atoms with Crippen LogP contribution in [0, 0.1) is 17.8 Å². The topological polar surface area (TPSA) is 77.8 Å². The summed E-state index contributed by atoms with van der Waals surface area (Å²) in [6.07, 6.45) is 9.68. The zero-order valence-electron chi connectivity index (χ0n) is 16.1. The van der Waals surface area contributed by atoms with E-state index in [1.807, 2.05) is 24.8 Å². The van der Waals surface area contributed by atoms with Crippen molar-refractivity contribution in [3.8, 4) is 11.8 Å². The zero-order valence-corrected chi connectivity index (χ0v) is 16.1. The molecule has 1 amide bonds. The third-order valence-electron chi connectivity index (χ3n) is 4.75. The molecule has 3 atom stereocenters. The van der Waals surface area contributed by atoms with E-state index in [0.717, 1.165) is 32.1 Å². The summed E-state index contributed by atoms with van der Waals surface area (Å²) in [6, 6.07) is 0.0603. The van der Waals surface area contributed by atoms with E-state index in [2.05, 4.69) is 11.8 Å². The van der Waals surface area contributed by atoms with Crippen molar-refractivity contribution in [1.82, 2.24) is 4.90 Å². The van der Waals surface area contributed by atoms with Crippen LogP contribution in [0.3, 0.4) is 0 Å². The number of hydrogen-bond donors (Lipinski definition) is 2. The summed E-state index contributed by atoms with van der Waals surface area (Å²) in [6.45, 7) is 4.69. The highest BCUT2D eigenvalue weighted by Gasteiger charge is 2.28. The van der Waals surface area contributed by atoms with Gasteiger partial charge < -0.3 is 15.1 Å². The molecule has 1 rings (SSSR count). The average molecular weight is 363 g/mol. The molecule has 5 heteroatoms. The molecule has 0 spiro atoms. The normalized spacial score (nSPS) is 19.4. The third-order valence-corrected chi connectivity index (χ3v) is 4.75. The lowest BCUT2D eigenvalue weighted by Crippen LogP contribution is -2.33. The Balaban J connectivity index is 2.39. The van der Waals surface area contributed by atoms with Gasteiger partial charge in [0.25, 0.3) is 0 Å². The molecule has 5 nitrogen and oxygen atoms in total. The van der Waals surface area contributed by atoms with Crippen LogP contribution in [0.5, 0.6) is 0 Å². The number of aliphatic hydroxyl groups is 1. The number of carboxylic acids is 1. The van der Waals surface area contributed by atoms with Crippen molar-refractivity contribution in [2.45, 2.75) is 83.8 Å². The van der Waals surface area contributed by atoms with Gasteiger partial charge in [-0.05, 0) is 25.2 Å². The van der Waals surface area contributed by atoms with Gasteiger partial charge in [0.1, 0.15) is 0 Å². The van der Waals surface area contributed by atoms with Crippen molar-refractivity contribution in [2.24, 2.45) is 5.92 Å². The molecule has 2 N–H and O–H groups in total. The molecule has 0 bridgehead atoms. The minimum atomic E-state index is -0.751. The van der Waals surface area contributed by atoms with Crippen LogP contribution in [0.1, 0.15) is 71.6 Å². The van der Waals surface area contributed by atoms with Gasteiger partial charge >= 0.3 is 5.97 Å². The first kappa shape index (κ1) is 22.2. The van der Waals surface area contributed by atoms with Gasteiger partial charge in [-0.25, -0.2) is 0 Å². The number of aliphatic hydroxyl groups excluding tert-OH is 1. The summed E-state index contributed by atoms with van der Waals surface area (Å²) >= 11 is 0. The number of carboxylic acid groups (broad SMARTS) is 1. The van der Waals surface area contributed by atoms with Gasteiger partial charge in [0.15, 0.2) is 0 Å². The van der Waals surface area contributed by atoms with Crippen LogP contribution in [0.2, 0.25) is 0 Å². The Hall–Kier alpha value is -1.80. The number of hydrogen-bond acceptors (Lipinski definition) is 3. The number of unbranched alkanes of at least 4 members (excludes halogenated alkanes) is 3. The largest absolute Gasteiger partial charge is 0.481 e. The predicted molar refractivity (Wildman–Crippen MR) is 102 cm³/mol. The van der Waals surface area contributed by atoms with Crippen molar-refractivity contribution >= 4 is 11.9 Å². The van der Waals surface area contributed by atoms with Crippen molar-refractivity contribution in [2.75, 3.05) is 6.54 Å². The third kappa shape index (κ3) is 8.53. The number of likely N-dealkylation sites (tertiary alicyclic amines) is 1. The van der Waals surface area contributed by atoms with Gasteiger partial charge in [-0.1, -0.05) is 38.8 Å². The fraction of sp³-hybridized carbons (Fsp3) is 0.714. The maximum atomic E-state index is 12.1. The van der Waals surface area contributed by atoms with Crippen LogP contribution in [0.4, 0.5) is 0 Å². The number of amides is 1. The van der Waals surface area contributed by atoms with Gasteiger partial charge in [-0.3, -0.25) is 9.59 Å². The number of carbonyl (C=O) groups is 2. The smallest absolute Gasteiger partial charge is 0.303 e. The summed E-state index contributed by atoms with van der Waals surface area (Å²) in [5.41, 5.74) is 0. The molecular weight excluding hydrogens is 330 g/mol. The fourth-order valence-corrected chi connectivity index (χ4v) is 3.07. The highest BCUT2D eigenvalue weighted by atomic mass is 16.4. The van der Waals surface area contributed by atoms with Crippen LogP contribution in [0.25, 0.3) is 0 Å². The Morgan fingerprint density at radius 3 is 2.73 bits per heavy atom. The van der Waals surface area contributed by atoms with Crippen LogP contribution in [-0.2, 0) is 9.59 Å². The molecule has 0 unspecified atom stereocenters. The lowest BCUT2D eigenvalue weighted by molar-refractivity contribution is -0.137. The molecule has 1 aliphatic heterocycles. The van der Waals surface area contributed by atoms with Crippen LogP contribution in [-0.4, -0.2) is 45.7 Å². The molecule has 0 aliphatic carbocycles. The molecule has 0 aromatic rings. The first-order valence-electron chi connectivity index (χ1n) is 9.79. The second-order valence-electron chi connectivity index (χ2n) is 7.02.